The van der Waals surface area contributed by atoms with Gasteiger partial charge in [0.2, 0.25) is 0 Å². The van der Waals surface area contributed by atoms with E-state index >= 15 is 0 Å². The highest BCUT2D eigenvalue weighted by molar-refractivity contribution is 6.75. The summed E-state index contributed by atoms with van der Waals surface area (Å²) < 4.78 is 2.74. The van der Waals surface area contributed by atoms with E-state index in [2.05, 4.69) is 6.92 Å². The van der Waals surface area contributed by atoms with Crippen molar-refractivity contribution < 1.29 is 24.2 Å². The van der Waals surface area contributed by atoms with Crippen LogP contribution >= 0.6 is 34.8 Å². The lowest BCUT2D eigenvalue weighted by Crippen LogP contribution is -2.16. The number of carboxylic acids is 1. The number of hydrogen-bond acceptors (Lipinski definition) is 5. The average Bonchev–Trinajstić information content (AvgIpc) is 2.40. The minimum atomic E-state index is -2.17. The fourth-order valence-electron chi connectivity index (χ4n) is 0.954. The molecule has 0 bridgehead atoms. The van der Waals surface area contributed by atoms with Crippen molar-refractivity contribution in [3.63, 3.8) is 0 Å². The van der Waals surface area contributed by atoms with E-state index in [1.54, 1.807) is 0 Å². The van der Waals surface area contributed by atoms with Gasteiger partial charge in [-0.05, 0) is 6.42 Å². The van der Waals surface area contributed by atoms with Gasteiger partial charge in [0.1, 0.15) is 5.78 Å². The largest absolute Gasteiger partial charge is 0.478 e. The van der Waals surface area contributed by atoms with Gasteiger partial charge in [-0.25, -0.2) is 4.79 Å². The lowest BCUT2D eigenvalue weighted by molar-refractivity contribution is -0.144. The summed E-state index contributed by atoms with van der Waals surface area (Å²) in [6, 6.07) is 0. The minimum Gasteiger partial charge on any atom is -0.478 e. The van der Waals surface area contributed by atoms with Crippen molar-refractivity contribution in [3.05, 3.63) is 0 Å². The molecule has 0 amide bonds. The standard InChI is InChI=1S/C10H19NO3.C2HCl3O2/c1-2-3-4-7-14-10(13)6-5-9(12)8-11;3-2(4,5)1(6)7/h2-8,11H2,1H3;(H,6,7). The molecule has 0 saturated heterocycles. The first-order valence-electron chi connectivity index (χ1n) is 6.32. The Hall–Kier alpha value is -0.560. The molecule has 0 aromatic heterocycles. The zero-order valence-electron chi connectivity index (χ0n) is 11.7. The number of alkyl halides is 3. The van der Waals surface area contributed by atoms with E-state index in [-0.39, 0.29) is 31.1 Å². The SMILES string of the molecule is CCCCCOC(=O)CCC(=O)CN.O=C(O)C(Cl)(Cl)Cl. The molecule has 6 nitrogen and oxygen atoms in total. The Morgan fingerprint density at radius 1 is 1.14 bits per heavy atom. The van der Waals surface area contributed by atoms with Gasteiger partial charge in [0.25, 0.3) is 3.79 Å². The smallest absolute Gasteiger partial charge is 0.356 e. The zero-order valence-corrected chi connectivity index (χ0v) is 14.0. The van der Waals surface area contributed by atoms with E-state index in [4.69, 9.17) is 50.4 Å². The molecule has 0 atom stereocenters. The summed E-state index contributed by atoms with van der Waals surface area (Å²) in [6.07, 6.45) is 3.41. The average molecular weight is 365 g/mol. The molecule has 0 aliphatic heterocycles. The van der Waals surface area contributed by atoms with Crippen LogP contribution in [0.5, 0.6) is 0 Å². The Morgan fingerprint density at radius 2 is 1.67 bits per heavy atom. The molecule has 0 aliphatic rings. The van der Waals surface area contributed by atoms with Crippen LogP contribution in [-0.4, -0.2) is 39.8 Å². The first-order valence-corrected chi connectivity index (χ1v) is 7.46. The highest BCUT2D eigenvalue weighted by Gasteiger charge is 2.29. The number of unbranched alkanes of at least 4 members (excludes halogenated alkanes) is 2. The van der Waals surface area contributed by atoms with E-state index in [1.165, 1.54) is 0 Å². The second-order valence-electron chi connectivity index (χ2n) is 3.97. The topological polar surface area (TPSA) is 107 Å². The van der Waals surface area contributed by atoms with E-state index < -0.39 is 9.76 Å². The molecule has 9 heteroatoms. The number of Topliss-reactive ketones (excluding diaryl/α,β-unsaturated/α-hetero) is 1. The number of ether oxygens (including phenoxy) is 1. The van der Waals surface area contributed by atoms with Crippen LogP contribution in [0.4, 0.5) is 0 Å². The summed E-state index contributed by atoms with van der Waals surface area (Å²) >= 11 is 14.4. The molecule has 21 heavy (non-hydrogen) atoms. The number of aliphatic carboxylic acids is 1. The molecular formula is C12H20Cl3NO5. The molecule has 0 radical (unpaired) electrons. The fourth-order valence-corrected chi connectivity index (χ4v) is 0.954. The molecule has 0 unspecified atom stereocenters. The van der Waals surface area contributed by atoms with Crippen molar-refractivity contribution in [1.82, 2.24) is 0 Å². The molecule has 0 aromatic rings. The second kappa shape index (κ2) is 13.1. The second-order valence-corrected chi connectivity index (χ2v) is 6.25. The number of carbonyl (C=O) groups is 3. The van der Waals surface area contributed by atoms with Gasteiger partial charge < -0.3 is 15.6 Å². The summed E-state index contributed by atoms with van der Waals surface area (Å²) in [5, 5.41) is 7.85. The highest BCUT2D eigenvalue weighted by atomic mass is 35.6. The van der Waals surface area contributed by atoms with Crippen LogP contribution in [0, 0.1) is 0 Å². The molecule has 124 valence electrons. The predicted molar refractivity (Wildman–Crippen MR) is 81.7 cm³/mol. The zero-order chi connectivity index (χ0) is 16.9. The Balaban J connectivity index is 0. The molecule has 0 aromatic carbocycles. The first kappa shape index (κ1) is 22.7. The number of carboxylic acid groups (broad SMARTS) is 1. The normalized spacial score (nSPS) is 10.3. The van der Waals surface area contributed by atoms with Crippen molar-refractivity contribution in [2.24, 2.45) is 5.73 Å². The van der Waals surface area contributed by atoms with E-state index in [0.29, 0.717) is 6.61 Å². The minimum absolute atomic E-state index is 0.00309. The maximum absolute atomic E-state index is 11.0. The van der Waals surface area contributed by atoms with E-state index in [1.807, 2.05) is 0 Å². The van der Waals surface area contributed by atoms with Crippen LogP contribution in [0.3, 0.4) is 0 Å². The number of esters is 1. The van der Waals surface area contributed by atoms with Crippen LogP contribution in [-0.2, 0) is 19.1 Å². The monoisotopic (exact) mass is 363 g/mol. The van der Waals surface area contributed by atoms with Crippen LogP contribution in [0.25, 0.3) is 0 Å². The van der Waals surface area contributed by atoms with E-state index in [9.17, 15) is 14.4 Å². The third-order valence-corrected chi connectivity index (χ3v) is 2.57. The molecule has 0 spiro atoms. The van der Waals surface area contributed by atoms with Gasteiger partial charge in [-0.1, -0.05) is 54.6 Å². The van der Waals surface area contributed by atoms with Crippen molar-refractivity contribution in [2.45, 2.75) is 42.8 Å². The number of rotatable bonds is 8. The quantitative estimate of drug-likeness (QED) is 0.389. The van der Waals surface area contributed by atoms with Crippen molar-refractivity contribution >= 4 is 52.5 Å². The molecule has 0 rings (SSSR count). The maximum atomic E-state index is 11.0. The number of carbonyl (C=O) groups excluding carboxylic acids is 2. The fraction of sp³-hybridized carbons (Fsp3) is 0.750. The van der Waals surface area contributed by atoms with Crippen LogP contribution < -0.4 is 5.73 Å². The van der Waals surface area contributed by atoms with E-state index in [0.717, 1.165) is 19.3 Å². The first-order chi connectivity index (χ1) is 9.65. The van der Waals surface area contributed by atoms with Crippen molar-refractivity contribution in [1.29, 1.82) is 0 Å². The van der Waals surface area contributed by atoms with Crippen LogP contribution in [0.1, 0.15) is 39.0 Å². The summed E-state index contributed by atoms with van der Waals surface area (Å²) in [5.41, 5.74) is 5.10. The predicted octanol–water partition coefficient (Wildman–Crippen LogP) is 2.47. The van der Waals surface area contributed by atoms with Gasteiger partial charge in [0.05, 0.1) is 19.6 Å². The number of halogens is 3. The Labute approximate surface area is 138 Å². The van der Waals surface area contributed by atoms with Gasteiger partial charge in [-0.15, -0.1) is 0 Å². The third kappa shape index (κ3) is 17.4. The maximum Gasteiger partial charge on any atom is 0.356 e. The summed E-state index contributed by atoms with van der Waals surface area (Å²) in [6.45, 7) is 2.55. The number of nitrogens with two attached hydrogens (primary N) is 1. The highest BCUT2D eigenvalue weighted by Crippen LogP contribution is 2.25. The lowest BCUT2D eigenvalue weighted by atomic mass is 10.2. The molecule has 0 fully saturated rings. The van der Waals surface area contributed by atoms with Crippen molar-refractivity contribution in [2.75, 3.05) is 13.2 Å². The molecule has 0 saturated carbocycles. The third-order valence-electron chi connectivity index (χ3n) is 2.09. The number of ketones is 1. The van der Waals surface area contributed by atoms with Gasteiger partial charge in [0, 0.05) is 6.42 Å². The summed E-state index contributed by atoms with van der Waals surface area (Å²) in [4.78, 5) is 31.4. The molecule has 0 aliphatic carbocycles. The Morgan fingerprint density at radius 3 is 2.05 bits per heavy atom. The lowest BCUT2D eigenvalue weighted by Gasteiger charge is -2.03. The summed E-state index contributed by atoms with van der Waals surface area (Å²) in [5.74, 6) is -1.86. The van der Waals surface area contributed by atoms with Gasteiger partial charge >= 0.3 is 11.9 Å². The van der Waals surface area contributed by atoms with Crippen LogP contribution in [0.15, 0.2) is 0 Å². The molecule has 3 N–H and O–H groups in total. The molecular weight excluding hydrogens is 344 g/mol. The van der Waals surface area contributed by atoms with Crippen molar-refractivity contribution in [3.8, 4) is 0 Å². The van der Waals surface area contributed by atoms with Gasteiger partial charge in [-0.2, -0.15) is 0 Å². The Bertz CT molecular complexity index is 331. The molecule has 0 heterocycles. The van der Waals surface area contributed by atoms with Gasteiger partial charge in [0.15, 0.2) is 0 Å². The Kier molecular flexibility index (Phi) is 14.2. The van der Waals surface area contributed by atoms with Gasteiger partial charge in [-0.3, -0.25) is 9.59 Å². The van der Waals surface area contributed by atoms with Crippen LogP contribution in [0.2, 0.25) is 0 Å². The summed E-state index contributed by atoms with van der Waals surface area (Å²) in [7, 11) is 0. The number of hydrogen-bond donors (Lipinski definition) is 2.